The average Bonchev–Trinajstić information content (AvgIpc) is 3.02. The molecule has 0 saturated carbocycles. The van der Waals surface area contributed by atoms with Crippen LogP contribution in [0.3, 0.4) is 0 Å². The van der Waals surface area contributed by atoms with Gasteiger partial charge in [-0.25, -0.2) is 8.42 Å². The zero-order valence-electron chi connectivity index (χ0n) is 24.5. The van der Waals surface area contributed by atoms with Crippen molar-refractivity contribution >= 4 is 33.6 Å². The Hall–Kier alpha value is -5.39. The third-order valence-electron chi connectivity index (χ3n) is 6.94. The smallest absolute Gasteiger partial charge is 0.229 e. The van der Waals surface area contributed by atoms with Crippen LogP contribution in [0.5, 0.6) is 11.5 Å². The Morgan fingerprint density at radius 3 is 2.16 bits per heavy atom. The van der Waals surface area contributed by atoms with E-state index in [4.69, 9.17) is 4.74 Å². The van der Waals surface area contributed by atoms with Crippen molar-refractivity contribution in [3.8, 4) is 17.6 Å². The molecule has 0 fully saturated rings. The van der Waals surface area contributed by atoms with Crippen LogP contribution in [0.15, 0.2) is 116 Å². The Morgan fingerprint density at radius 2 is 1.50 bits per heavy atom. The molecule has 0 unspecified atom stereocenters. The number of nitrogens with zero attached hydrogens (tertiary/aromatic N) is 3. The van der Waals surface area contributed by atoms with Gasteiger partial charge in [-0.3, -0.25) is 9.71 Å². The number of ether oxygens (including phenoxy) is 1. The molecule has 1 N–H and O–H groups in total. The summed E-state index contributed by atoms with van der Waals surface area (Å²) in [5, 5.41) is 9.21. The van der Waals surface area contributed by atoms with Gasteiger partial charge in [0.25, 0.3) is 0 Å². The zero-order valence-corrected chi connectivity index (χ0v) is 25.3. The second-order valence-corrected chi connectivity index (χ2v) is 12.2. The van der Waals surface area contributed by atoms with Crippen LogP contribution in [0, 0.1) is 18.3 Å². The van der Waals surface area contributed by atoms with Crippen LogP contribution >= 0.6 is 0 Å². The molecule has 4 aromatic carbocycles. The summed E-state index contributed by atoms with van der Waals surface area (Å²) in [6.07, 6.45) is 8.75. The lowest BCUT2D eigenvalue weighted by molar-refractivity contribution is 0.482. The fourth-order valence-corrected chi connectivity index (χ4v) is 5.40. The highest BCUT2D eigenvalue weighted by Gasteiger charge is 2.15. The van der Waals surface area contributed by atoms with Crippen molar-refractivity contribution in [3.63, 3.8) is 0 Å². The van der Waals surface area contributed by atoms with E-state index < -0.39 is 10.0 Å². The third kappa shape index (κ3) is 8.34. The first-order valence-electron chi connectivity index (χ1n) is 14.0. The molecule has 0 aliphatic rings. The van der Waals surface area contributed by atoms with Gasteiger partial charge >= 0.3 is 0 Å². The number of sulfonamides is 1. The molecule has 0 saturated heterocycles. The minimum atomic E-state index is -3.44. The quantitative estimate of drug-likeness (QED) is 0.166. The maximum absolute atomic E-state index is 12.0. The molecule has 1 heterocycles. The minimum absolute atomic E-state index is 0.538. The van der Waals surface area contributed by atoms with Crippen molar-refractivity contribution in [3.05, 3.63) is 149 Å². The number of nitriles is 1. The van der Waals surface area contributed by atoms with E-state index in [1.54, 1.807) is 24.4 Å². The van der Waals surface area contributed by atoms with Crippen molar-refractivity contribution in [2.45, 2.75) is 20.0 Å². The zero-order chi connectivity index (χ0) is 30.9. The van der Waals surface area contributed by atoms with Crippen molar-refractivity contribution in [2.75, 3.05) is 15.9 Å². The molecule has 5 rings (SSSR count). The molecule has 7 nitrogen and oxygen atoms in total. The third-order valence-corrected chi connectivity index (χ3v) is 7.53. The highest BCUT2D eigenvalue weighted by Crippen LogP contribution is 2.31. The highest BCUT2D eigenvalue weighted by molar-refractivity contribution is 7.92. The number of anilines is 2. The first kappa shape index (κ1) is 30.1. The van der Waals surface area contributed by atoms with Gasteiger partial charge in [0.15, 0.2) is 0 Å². The molecule has 1 aromatic heterocycles. The van der Waals surface area contributed by atoms with E-state index in [0.29, 0.717) is 24.3 Å². The predicted octanol–water partition coefficient (Wildman–Crippen LogP) is 7.80. The van der Waals surface area contributed by atoms with Gasteiger partial charge in [0.05, 0.1) is 23.6 Å². The Balaban J connectivity index is 1.35. The van der Waals surface area contributed by atoms with E-state index in [-0.39, 0.29) is 0 Å². The van der Waals surface area contributed by atoms with E-state index in [9.17, 15) is 13.7 Å². The number of pyridine rings is 1. The summed E-state index contributed by atoms with van der Waals surface area (Å²) in [6.45, 7) is 3.04. The summed E-state index contributed by atoms with van der Waals surface area (Å²) in [4.78, 5) is 6.34. The summed E-state index contributed by atoms with van der Waals surface area (Å²) < 4.78 is 32.7. The molecule has 8 heteroatoms. The Bertz CT molecular complexity index is 1900. The van der Waals surface area contributed by atoms with Crippen LogP contribution in [-0.2, 0) is 23.1 Å². The van der Waals surface area contributed by atoms with Gasteiger partial charge < -0.3 is 9.64 Å². The molecule has 44 heavy (non-hydrogen) atoms. The lowest BCUT2D eigenvalue weighted by Gasteiger charge is -2.28. The maximum atomic E-state index is 12.0. The van der Waals surface area contributed by atoms with E-state index in [0.717, 1.165) is 51.3 Å². The molecule has 0 aliphatic carbocycles. The van der Waals surface area contributed by atoms with Crippen LogP contribution in [0.4, 0.5) is 11.4 Å². The van der Waals surface area contributed by atoms with Gasteiger partial charge in [-0.05, 0) is 89.3 Å². The van der Waals surface area contributed by atoms with Crippen LogP contribution < -0.4 is 14.4 Å². The highest BCUT2D eigenvalue weighted by atomic mass is 32.2. The van der Waals surface area contributed by atoms with Crippen LogP contribution in [0.2, 0.25) is 0 Å². The average molecular weight is 601 g/mol. The molecule has 0 aliphatic heterocycles. The number of hydrogen-bond acceptors (Lipinski definition) is 6. The molecule has 0 bridgehead atoms. The first-order valence-corrected chi connectivity index (χ1v) is 15.9. The van der Waals surface area contributed by atoms with Crippen LogP contribution in [-0.4, -0.2) is 19.7 Å². The number of aromatic nitrogens is 1. The van der Waals surface area contributed by atoms with E-state index in [2.05, 4.69) is 20.7 Å². The predicted molar refractivity (Wildman–Crippen MR) is 177 cm³/mol. The minimum Gasteiger partial charge on any atom is -0.457 e. The topological polar surface area (TPSA) is 95.3 Å². The van der Waals surface area contributed by atoms with E-state index in [1.807, 2.05) is 110 Å². The lowest BCUT2D eigenvalue weighted by Crippen LogP contribution is -2.23. The number of rotatable bonds is 11. The molecule has 0 amide bonds. The second kappa shape index (κ2) is 13.7. The summed E-state index contributed by atoms with van der Waals surface area (Å²) in [6, 6.07) is 35.0. The largest absolute Gasteiger partial charge is 0.457 e. The summed E-state index contributed by atoms with van der Waals surface area (Å²) in [5.74, 6) is 1.45. The molecule has 0 atom stereocenters. The number of nitrogens with one attached hydrogen (secondary N) is 1. The van der Waals surface area contributed by atoms with Crippen molar-refractivity contribution < 1.29 is 13.2 Å². The molecule has 0 radical (unpaired) electrons. The monoisotopic (exact) mass is 600 g/mol. The van der Waals surface area contributed by atoms with Gasteiger partial charge in [0.2, 0.25) is 10.0 Å². The lowest BCUT2D eigenvalue weighted by atomic mass is 10.1. The Kier molecular flexibility index (Phi) is 9.38. The molecule has 5 aromatic rings. The van der Waals surface area contributed by atoms with Crippen molar-refractivity contribution in [1.29, 1.82) is 5.26 Å². The fraction of sp³-hybridized carbons (Fsp3) is 0.111. The summed E-state index contributed by atoms with van der Waals surface area (Å²) >= 11 is 0. The summed E-state index contributed by atoms with van der Waals surface area (Å²) in [7, 11) is -3.44. The SMILES string of the molecule is Cc1c(NS(C)(=O)=O)cccc1N(Cc1ccc(C#N)cc1)Cc1ccc(Oc2cccc(/C=C/c3cccnc3)c2)cc1. The van der Waals surface area contributed by atoms with Gasteiger partial charge in [0, 0.05) is 31.2 Å². The second-order valence-electron chi connectivity index (χ2n) is 10.4. The van der Waals surface area contributed by atoms with Crippen molar-refractivity contribution in [2.24, 2.45) is 0 Å². The number of hydrogen-bond donors (Lipinski definition) is 1. The Morgan fingerprint density at radius 1 is 0.841 bits per heavy atom. The van der Waals surface area contributed by atoms with Crippen molar-refractivity contribution in [1.82, 2.24) is 4.98 Å². The normalized spacial score (nSPS) is 11.2. The number of benzene rings is 4. The maximum Gasteiger partial charge on any atom is 0.229 e. The van der Waals surface area contributed by atoms with Gasteiger partial charge in [-0.2, -0.15) is 5.26 Å². The molecule has 0 spiro atoms. The molecular formula is C36H32N4O3S. The standard InChI is InChI=1S/C36H32N4O3S/c1-27-35(39-44(2,41)42)9-4-10-36(27)40(25-31-15-12-29(23-37)13-16-31)26-32-17-19-33(20-18-32)43-34-8-3-6-28(22-34)11-14-30-7-5-21-38-24-30/h3-22,24,39H,25-26H2,1-2H3/b14-11+. The van der Waals surface area contributed by atoms with Crippen LogP contribution in [0.25, 0.3) is 12.2 Å². The molecule has 220 valence electrons. The van der Waals surface area contributed by atoms with Gasteiger partial charge in [-0.15, -0.1) is 0 Å². The Labute approximate surface area is 258 Å². The van der Waals surface area contributed by atoms with Gasteiger partial charge in [-0.1, -0.05) is 60.7 Å². The van der Waals surface area contributed by atoms with Gasteiger partial charge in [0.1, 0.15) is 11.5 Å². The molecular weight excluding hydrogens is 568 g/mol. The van der Waals surface area contributed by atoms with Crippen LogP contribution in [0.1, 0.15) is 33.4 Å². The fourth-order valence-electron chi connectivity index (χ4n) is 4.78. The van der Waals surface area contributed by atoms with E-state index >= 15 is 0 Å². The first-order chi connectivity index (χ1) is 21.3. The summed E-state index contributed by atoms with van der Waals surface area (Å²) in [5.41, 5.74) is 6.99. The van der Waals surface area contributed by atoms with E-state index in [1.165, 1.54) is 0 Å².